The first-order chi connectivity index (χ1) is 9.66. The summed E-state index contributed by atoms with van der Waals surface area (Å²) in [7, 11) is 0. The number of halogens is 1. The molecule has 2 fully saturated rings. The largest absolute Gasteiger partial charge is 0.338 e. The molecule has 0 aliphatic carbocycles. The van der Waals surface area contributed by atoms with E-state index in [1.165, 1.54) is 24.2 Å². The van der Waals surface area contributed by atoms with Gasteiger partial charge in [0.1, 0.15) is 4.88 Å². The highest BCUT2D eigenvalue weighted by molar-refractivity contribution is 7.13. The SMILES string of the molecule is Cc1csc(C(=O)N2CCC(C3CCCN3)CC2)c1Cl. The van der Waals surface area contributed by atoms with Gasteiger partial charge in [0.2, 0.25) is 0 Å². The van der Waals surface area contributed by atoms with Crippen LogP contribution in [0.1, 0.15) is 40.9 Å². The third-order valence-corrected chi connectivity index (χ3v) is 6.27. The Morgan fingerprint density at radius 3 is 2.70 bits per heavy atom. The Hall–Kier alpha value is -0.580. The second kappa shape index (κ2) is 6.04. The number of piperidine rings is 1. The first-order valence-electron chi connectivity index (χ1n) is 7.43. The van der Waals surface area contributed by atoms with E-state index in [1.807, 2.05) is 17.2 Å². The smallest absolute Gasteiger partial charge is 0.265 e. The zero-order valence-electron chi connectivity index (χ0n) is 11.8. The highest BCUT2D eigenvalue weighted by Crippen LogP contribution is 2.31. The van der Waals surface area contributed by atoms with Gasteiger partial charge in [0.25, 0.3) is 5.91 Å². The number of thiophene rings is 1. The minimum atomic E-state index is 0.117. The van der Waals surface area contributed by atoms with E-state index in [0.717, 1.165) is 44.0 Å². The predicted molar refractivity (Wildman–Crippen MR) is 83.7 cm³/mol. The van der Waals surface area contributed by atoms with Crippen molar-refractivity contribution < 1.29 is 4.79 Å². The Kier molecular flexibility index (Phi) is 4.34. The van der Waals surface area contributed by atoms with Crippen molar-refractivity contribution in [3.8, 4) is 0 Å². The molecule has 1 unspecified atom stereocenters. The first kappa shape index (κ1) is 14.4. The molecule has 2 saturated heterocycles. The lowest BCUT2D eigenvalue weighted by molar-refractivity contribution is 0.0679. The van der Waals surface area contributed by atoms with Gasteiger partial charge in [-0.3, -0.25) is 4.79 Å². The lowest BCUT2D eigenvalue weighted by atomic mass is 9.88. The van der Waals surface area contributed by atoms with Crippen molar-refractivity contribution in [2.45, 2.75) is 38.6 Å². The molecule has 0 spiro atoms. The second-order valence-corrected chi connectivity index (χ2v) is 7.15. The number of rotatable bonds is 2. The number of carbonyl (C=O) groups excluding carboxylic acids is 1. The van der Waals surface area contributed by atoms with Gasteiger partial charge in [0.05, 0.1) is 5.02 Å². The number of nitrogens with zero attached hydrogens (tertiary/aromatic N) is 1. The molecule has 3 nitrogen and oxygen atoms in total. The molecule has 2 aliphatic rings. The van der Waals surface area contributed by atoms with Crippen molar-refractivity contribution in [1.29, 1.82) is 0 Å². The predicted octanol–water partition coefficient (Wildman–Crippen LogP) is 3.31. The molecule has 0 radical (unpaired) electrons. The van der Waals surface area contributed by atoms with Crippen molar-refractivity contribution in [3.05, 3.63) is 20.8 Å². The van der Waals surface area contributed by atoms with E-state index < -0.39 is 0 Å². The Morgan fingerprint density at radius 1 is 1.40 bits per heavy atom. The summed E-state index contributed by atoms with van der Waals surface area (Å²) >= 11 is 7.68. The molecule has 1 aromatic rings. The third-order valence-electron chi connectivity index (χ3n) is 4.59. The average molecular weight is 313 g/mol. The molecule has 1 N–H and O–H groups in total. The summed E-state index contributed by atoms with van der Waals surface area (Å²) in [6.45, 7) is 4.85. The van der Waals surface area contributed by atoms with Crippen molar-refractivity contribution in [1.82, 2.24) is 10.2 Å². The zero-order chi connectivity index (χ0) is 14.1. The number of carbonyl (C=O) groups is 1. The van der Waals surface area contributed by atoms with E-state index in [-0.39, 0.29) is 5.91 Å². The molecule has 1 atom stereocenters. The van der Waals surface area contributed by atoms with Crippen molar-refractivity contribution in [3.63, 3.8) is 0 Å². The van der Waals surface area contributed by atoms with Gasteiger partial charge in [0.15, 0.2) is 0 Å². The molecule has 1 amide bonds. The van der Waals surface area contributed by atoms with Gasteiger partial charge < -0.3 is 10.2 Å². The van der Waals surface area contributed by atoms with Gasteiger partial charge in [-0.2, -0.15) is 0 Å². The maximum absolute atomic E-state index is 12.5. The second-order valence-electron chi connectivity index (χ2n) is 5.89. The summed E-state index contributed by atoms with van der Waals surface area (Å²) in [5, 5.41) is 6.19. The maximum atomic E-state index is 12.5. The van der Waals surface area contributed by atoms with Crippen LogP contribution in [-0.2, 0) is 0 Å². The van der Waals surface area contributed by atoms with Crippen molar-refractivity contribution >= 4 is 28.8 Å². The van der Waals surface area contributed by atoms with Crippen LogP contribution in [0, 0.1) is 12.8 Å². The summed E-state index contributed by atoms with van der Waals surface area (Å²) < 4.78 is 0. The topological polar surface area (TPSA) is 32.3 Å². The monoisotopic (exact) mass is 312 g/mol. The standard InChI is InChI=1S/C15H21ClN2OS/c1-10-9-20-14(13(10)16)15(19)18-7-4-11(5-8-18)12-3-2-6-17-12/h9,11-12,17H,2-8H2,1H3. The summed E-state index contributed by atoms with van der Waals surface area (Å²) in [5.74, 6) is 0.855. The van der Waals surface area contributed by atoms with Crippen LogP contribution in [0.4, 0.5) is 0 Å². The lowest BCUT2D eigenvalue weighted by Crippen LogP contribution is -2.43. The number of nitrogens with one attached hydrogen (secondary N) is 1. The molecule has 5 heteroatoms. The van der Waals surface area contributed by atoms with Crippen LogP contribution in [-0.4, -0.2) is 36.5 Å². The van der Waals surface area contributed by atoms with Crippen LogP contribution in [0.5, 0.6) is 0 Å². The van der Waals surface area contributed by atoms with Crippen LogP contribution in [0.3, 0.4) is 0 Å². The van der Waals surface area contributed by atoms with Crippen molar-refractivity contribution in [2.24, 2.45) is 5.92 Å². The number of aryl methyl sites for hydroxylation is 1. The normalized spacial score (nSPS) is 24.3. The van der Waals surface area contributed by atoms with Gasteiger partial charge >= 0.3 is 0 Å². The Labute approximate surface area is 129 Å². The molecule has 0 saturated carbocycles. The third kappa shape index (κ3) is 2.74. The fourth-order valence-corrected chi connectivity index (χ4v) is 4.58. The minimum Gasteiger partial charge on any atom is -0.338 e. The van der Waals surface area contributed by atoms with Gasteiger partial charge in [-0.05, 0) is 56.0 Å². The number of hydrogen-bond donors (Lipinski definition) is 1. The van der Waals surface area contributed by atoms with Gasteiger partial charge in [-0.25, -0.2) is 0 Å². The van der Waals surface area contributed by atoms with Crippen LogP contribution in [0.15, 0.2) is 5.38 Å². The fraction of sp³-hybridized carbons (Fsp3) is 0.667. The molecule has 110 valence electrons. The van der Waals surface area contributed by atoms with Gasteiger partial charge in [-0.15, -0.1) is 11.3 Å². The van der Waals surface area contributed by atoms with E-state index in [9.17, 15) is 4.79 Å². The molecule has 0 aromatic carbocycles. The minimum absolute atomic E-state index is 0.117. The maximum Gasteiger partial charge on any atom is 0.265 e. The highest BCUT2D eigenvalue weighted by atomic mass is 35.5. The molecule has 20 heavy (non-hydrogen) atoms. The lowest BCUT2D eigenvalue weighted by Gasteiger charge is -2.34. The van der Waals surface area contributed by atoms with Crippen molar-refractivity contribution in [2.75, 3.05) is 19.6 Å². The van der Waals surface area contributed by atoms with Gasteiger partial charge in [-0.1, -0.05) is 11.6 Å². The summed E-state index contributed by atoms with van der Waals surface area (Å²) in [6.07, 6.45) is 4.83. The summed E-state index contributed by atoms with van der Waals surface area (Å²) in [5.41, 5.74) is 1.00. The molecule has 1 aromatic heterocycles. The number of amides is 1. The van der Waals surface area contributed by atoms with Crippen LogP contribution in [0.25, 0.3) is 0 Å². The Bertz CT molecular complexity index is 488. The first-order valence-corrected chi connectivity index (χ1v) is 8.69. The summed E-state index contributed by atoms with van der Waals surface area (Å²) in [6, 6.07) is 0.680. The molecular weight excluding hydrogens is 292 g/mol. The number of likely N-dealkylation sites (tertiary alicyclic amines) is 1. The fourth-order valence-electron chi connectivity index (χ4n) is 3.34. The Morgan fingerprint density at radius 2 is 2.15 bits per heavy atom. The molecule has 0 bridgehead atoms. The highest BCUT2D eigenvalue weighted by Gasteiger charge is 2.31. The van der Waals surface area contributed by atoms with E-state index in [1.54, 1.807) is 0 Å². The molecule has 3 rings (SSSR count). The zero-order valence-corrected chi connectivity index (χ0v) is 13.4. The van der Waals surface area contributed by atoms with Crippen LogP contribution in [0.2, 0.25) is 5.02 Å². The van der Waals surface area contributed by atoms with E-state index in [4.69, 9.17) is 11.6 Å². The summed E-state index contributed by atoms with van der Waals surface area (Å²) in [4.78, 5) is 15.2. The van der Waals surface area contributed by atoms with Gasteiger partial charge in [0, 0.05) is 19.1 Å². The van der Waals surface area contributed by atoms with E-state index >= 15 is 0 Å². The molecular formula is C15H21ClN2OS. The number of hydrogen-bond acceptors (Lipinski definition) is 3. The van der Waals surface area contributed by atoms with E-state index in [0.29, 0.717) is 15.9 Å². The Balaban J connectivity index is 1.60. The van der Waals surface area contributed by atoms with Crippen LogP contribution < -0.4 is 5.32 Å². The molecule has 2 aliphatic heterocycles. The molecule has 3 heterocycles. The quantitative estimate of drug-likeness (QED) is 0.908. The van der Waals surface area contributed by atoms with E-state index in [2.05, 4.69) is 5.32 Å². The average Bonchev–Trinajstić information content (AvgIpc) is 3.10. The van der Waals surface area contributed by atoms with Crippen LogP contribution >= 0.6 is 22.9 Å².